The Morgan fingerprint density at radius 3 is 2.44 bits per heavy atom. The van der Waals surface area contributed by atoms with Crippen molar-refractivity contribution in [1.29, 1.82) is 0 Å². The molecule has 226 valence electrons. The number of benzene rings is 3. The van der Waals surface area contributed by atoms with E-state index in [2.05, 4.69) is 54.9 Å². The molecule has 0 aliphatic heterocycles. The van der Waals surface area contributed by atoms with Crippen molar-refractivity contribution in [2.45, 2.75) is 91.1 Å². The van der Waals surface area contributed by atoms with Gasteiger partial charge in [-0.25, -0.2) is 14.6 Å². The van der Waals surface area contributed by atoms with E-state index in [1.165, 1.54) is 19.3 Å². The highest BCUT2D eigenvalue weighted by Crippen LogP contribution is 2.30. The van der Waals surface area contributed by atoms with Crippen LogP contribution in [0.3, 0.4) is 0 Å². The van der Waals surface area contributed by atoms with Gasteiger partial charge in [0.25, 0.3) is 0 Å². The molecule has 0 saturated heterocycles. The first-order valence-corrected chi connectivity index (χ1v) is 15.9. The molecule has 1 aliphatic rings. The van der Waals surface area contributed by atoms with Gasteiger partial charge in [0.15, 0.2) is 0 Å². The van der Waals surface area contributed by atoms with Crippen LogP contribution in [0.4, 0.5) is 10.5 Å². The van der Waals surface area contributed by atoms with Gasteiger partial charge in [-0.15, -0.1) is 0 Å². The standard InChI is InChI=1S/C36H44N4O3/c1-4-6-21-39(36(43)37-28-13-8-7-9-14-28)29-22-25(3)34-32(23-29)40(33(38-34)12-5-2)24-26-17-19-27(20-18-26)30-15-10-11-16-31(30)35(41)42/h10-11,15-20,22-23,28H,4-9,12-14,21,24H2,1-3H3,(H,37,43)(H,41,42). The van der Waals surface area contributed by atoms with Crippen LogP contribution in [-0.4, -0.2) is 39.2 Å². The average Bonchev–Trinajstić information content (AvgIpc) is 3.35. The smallest absolute Gasteiger partial charge is 0.336 e. The first-order chi connectivity index (χ1) is 20.9. The maximum atomic E-state index is 13.6. The number of imidazole rings is 1. The van der Waals surface area contributed by atoms with Crippen LogP contribution in [0, 0.1) is 6.92 Å². The van der Waals surface area contributed by atoms with Gasteiger partial charge in [0.2, 0.25) is 0 Å². The van der Waals surface area contributed by atoms with Crippen molar-refractivity contribution >= 4 is 28.7 Å². The minimum absolute atomic E-state index is 0.00354. The predicted octanol–water partition coefficient (Wildman–Crippen LogP) is 8.36. The Morgan fingerprint density at radius 2 is 1.74 bits per heavy atom. The molecule has 2 N–H and O–H groups in total. The highest BCUT2D eigenvalue weighted by Gasteiger charge is 2.23. The quantitative estimate of drug-likeness (QED) is 0.187. The summed E-state index contributed by atoms with van der Waals surface area (Å²) in [5.41, 5.74) is 6.97. The zero-order chi connectivity index (χ0) is 30.3. The Kier molecular flexibility index (Phi) is 9.80. The van der Waals surface area contributed by atoms with E-state index >= 15 is 0 Å². The molecule has 1 fully saturated rings. The number of carbonyl (C=O) groups is 2. The van der Waals surface area contributed by atoms with Crippen LogP contribution in [0.5, 0.6) is 0 Å². The van der Waals surface area contributed by atoms with E-state index in [0.717, 1.165) is 77.8 Å². The molecule has 43 heavy (non-hydrogen) atoms. The zero-order valence-corrected chi connectivity index (χ0v) is 25.7. The molecule has 1 saturated carbocycles. The Labute approximate surface area is 254 Å². The molecule has 3 aromatic carbocycles. The second-order valence-corrected chi connectivity index (χ2v) is 11.8. The molecule has 0 unspecified atom stereocenters. The van der Waals surface area contributed by atoms with Crippen LogP contribution >= 0.6 is 0 Å². The average molecular weight is 581 g/mol. The van der Waals surface area contributed by atoms with Gasteiger partial charge in [0.1, 0.15) is 5.82 Å². The molecule has 0 bridgehead atoms. The fraction of sp³-hybridized carbons (Fsp3) is 0.417. The third kappa shape index (κ3) is 6.93. The summed E-state index contributed by atoms with van der Waals surface area (Å²) in [5.74, 6) is 0.102. The van der Waals surface area contributed by atoms with Crippen molar-refractivity contribution in [2.75, 3.05) is 11.4 Å². The molecule has 4 aromatic rings. The molecule has 7 heteroatoms. The van der Waals surface area contributed by atoms with E-state index < -0.39 is 5.97 Å². The lowest BCUT2D eigenvalue weighted by Crippen LogP contribution is -2.46. The van der Waals surface area contributed by atoms with Gasteiger partial charge in [0.05, 0.1) is 16.6 Å². The number of aryl methyl sites for hydroxylation is 2. The molecule has 0 atom stereocenters. The van der Waals surface area contributed by atoms with E-state index in [0.29, 0.717) is 24.2 Å². The maximum Gasteiger partial charge on any atom is 0.336 e. The summed E-state index contributed by atoms with van der Waals surface area (Å²) in [4.78, 5) is 32.4. The van der Waals surface area contributed by atoms with Gasteiger partial charge in [-0.05, 0) is 73.1 Å². The molecule has 1 aliphatic carbocycles. The first-order valence-electron chi connectivity index (χ1n) is 15.9. The molecular weight excluding hydrogens is 536 g/mol. The molecule has 1 heterocycles. The van der Waals surface area contributed by atoms with Gasteiger partial charge in [-0.3, -0.25) is 4.90 Å². The summed E-state index contributed by atoms with van der Waals surface area (Å²) in [6.45, 7) is 7.72. The summed E-state index contributed by atoms with van der Waals surface area (Å²) >= 11 is 0. The number of hydrogen-bond donors (Lipinski definition) is 2. The van der Waals surface area contributed by atoms with Crippen LogP contribution in [0.2, 0.25) is 0 Å². The van der Waals surface area contributed by atoms with Crippen LogP contribution in [0.25, 0.3) is 22.2 Å². The highest BCUT2D eigenvalue weighted by atomic mass is 16.4. The summed E-state index contributed by atoms with van der Waals surface area (Å²) < 4.78 is 2.28. The number of hydrogen-bond acceptors (Lipinski definition) is 3. The predicted molar refractivity (Wildman–Crippen MR) is 174 cm³/mol. The van der Waals surface area contributed by atoms with Gasteiger partial charge in [0, 0.05) is 31.2 Å². The lowest BCUT2D eigenvalue weighted by atomic mass is 9.96. The third-order valence-corrected chi connectivity index (χ3v) is 8.57. The van der Waals surface area contributed by atoms with Gasteiger partial charge >= 0.3 is 12.0 Å². The topological polar surface area (TPSA) is 87.5 Å². The first kappa shape index (κ1) is 30.3. The second kappa shape index (κ2) is 13.9. The highest BCUT2D eigenvalue weighted by molar-refractivity contribution is 5.96. The number of carboxylic acid groups (broad SMARTS) is 1. The van der Waals surface area contributed by atoms with Crippen molar-refractivity contribution in [3.63, 3.8) is 0 Å². The van der Waals surface area contributed by atoms with Crippen LogP contribution in [0.1, 0.15) is 92.5 Å². The molecule has 1 aromatic heterocycles. The molecular formula is C36H44N4O3. The van der Waals surface area contributed by atoms with Crippen molar-refractivity contribution in [2.24, 2.45) is 0 Å². The summed E-state index contributed by atoms with van der Waals surface area (Å²) in [6.07, 6.45) is 9.51. The fourth-order valence-corrected chi connectivity index (χ4v) is 6.23. The Morgan fingerprint density at radius 1 is 1.00 bits per heavy atom. The lowest BCUT2D eigenvalue weighted by Gasteiger charge is -2.29. The SMILES string of the molecule is CCCCN(C(=O)NC1CCCCC1)c1cc(C)c2nc(CCC)n(Cc3ccc(-c4ccccc4C(=O)O)cc3)c2c1. The second-order valence-electron chi connectivity index (χ2n) is 11.8. The van der Waals surface area contributed by atoms with Gasteiger partial charge < -0.3 is 15.0 Å². The molecule has 0 spiro atoms. The largest absolute Gasteiger partial charge is 0.478 e. The Hall–Kier alpha value is -4.13. The number of aromatic nitrogens is 2. The minimum Gasteiger partial charge on any atom is -0.478 e. The molecule has 0 radical (unpaired) electrons. The normalized spacial score (nSPS) is 13.7. The zero-order valence-electron chi connectivity index (χ0n) is 25.7. The molecule has 5 rings (SSSR count). The molecule has 7 nitrogen and oxygen atoms in total. The van der Waals surface area contributed by atoms with Gasteiger partial charge in [-0.1, -0.05) is 82.0 Å². The van der Waals surface area contributed by atoms with Crippen molar-refractivity contribution in [3.8, 4) is 11.1 Å². The summed E-state index contributed by atoms with van der Waals surface area (Å²) in [7, 11) is 0. The number of unbranched alkanes of at least 4 members (excludes halogenated alkanes) is 1. The van der Waals surface area contributed by atoms with E-state index in [1.54, 1.807) is 12.1 Å². The lowest BCUT2D eigenvalue weighted by molar-refractivity contribution is 0.0697. The Bertz CT molecular complexity index is 1570. The number of urea groups is 1. The number of nitrogens with zero attached hydrogens (tertiary/aromatic N) is 3. The number of carboxylic acids is 1. The van der Waals surface area contributed by atoms with E-state index in [4.69, 9.17) is 4.98 Å². The van der Waals surface area contributed by atoms with Crippen LogP contribution in [-0.2, 0) is 13.0 Å². The molecule has 2 amide bonds. The maximum absolute atomic E-state index is 13.6. The van der Waals surface area contributed by atoms with E-state index in [9.17, 15) is 14.7 Å². The van der Waals surface area contributed by atoms with Crippen molar-refractivity contribution in [3.05, 3.63) is 83.2 Å². The number of fused-ring (bicyclic) bond motifs is 1. The van der Waals surface area contributed by atoms with Gasteiger partial charge in [-0.2, -0.15) is 0 Å². The summed E-state index contributed by atoms with van der Waals surface area (Å²) in [6, 6.07) is 19.7. The van der Waals surface area contributed by atoms with E-state index in [1.807, 2.05) is 29.2 Å². The van der Waals surface area contributed by atoms with Crippen LogP contribution < -0.4 is 10.2 Å². The Balaban J connectivity index is 1.49. The number of nitrogens with one attached hydrogen (secondary N) is 1. The summed E-state index contributed by atoms with van der Waals surface area (Å²) in [5, 5.41) is 13.0. The van der Waals surface area contributed by atoms with Crippen LogP contribution in [0.15, 0.2) is 60.7 Å². The number of rotatable bonds is 11. The number of anilines is 1. The third-order valence-electron chi connectivity index (χ3n) is 8.57. The minimum atomic E-state index is -0.930. The van der Waals surface area contributed by atoms with E-state index in [-0.39, 0.29) is 12.1 Å². The number of amides is 2. The fourth-order valence-electron chi connectivity index (χ4n) is 6.23. The number of carbonyl (C=O) groups excluding carboxylic acids is 1. The van der Waals surface area contributed by atoms with Crippen molar-refractivity contribution < 1.29 is 14.7 Å². The monoisotopic (exact) mass is 580 g/mol. The van der Waals surface area contributed by atoms with Crippen molar-refractivity contribution in [1.82, 2.24) is 14.9 Å². The number of aromatic carboxylic acids is 1.